The number of pyridine rings is 1. The van der Waals surface area contributed by atoms with E-state index in [2.05, 4.69) is 28.9 Å². The van der Waals surface area contributed by atoms with E-state index >= 15 is 0 Å². The minimum absolute atomic E-state index is 0.0357. The molecule has 0 saturated carbocycles. The summed E-state index contributed by atoms with van der Waals surface area (Å²) in [6.45, 7) is 3.96. The van der Waals surface area contributed by atoms with Crippen molar-refractivity contribution in [2.75, 3.05) is 24.6 Å². The van der Waals surface area contributed by atoms with Gasteiger partial charge in [-0.25, -0.2) is 8.42 Å². The molecule has 1 aromatic carbocycles. The lowest BCUT2D eigenvalue weighted by Gasteiger charge is -2.44. The molecular weight excluding hydrogens is 362 g/mol. The molecule has 4 rings (SSSR count). The van der Waals surface area contributed by atoms with Gasteiger partial charge in [0.1, 0.15) is 0 Å². The zero-order valence-corrected chi connectivity index (χ0v) is 16.1. The van der Waals surface area contributed by atoms with Crippen LogP contribution in [0.5, 0.6) is 0 Å². The van der Waals surface area contributed by atoms with E-state index in [1.807, 2.05) is 12.1 Å². The van der Waals surface area contributed by atoms with Crippen LogP contribution in [0.3, 0.4) is 0 Å². The fourth-order valence-corrected chi connectivity index (χ4v) is 6.15. The van der Waals surface area contributed by atoms with Gasteiger partial charge in [-0.2, -0.15) is 0 Å². The molecule has 0 bridgehead atoms. The number of piperazine rings is 1. The molecule has 0 unspecified atom stereocenters. The van der Waals surface area contributed by atoms with Crippen molar-refractivity contribution in [1.82, 2.24) is 14.8 Å². The third-order valence-corrected chi connectivity index (χ3v) is 7.29. The lowest BCUT2D eigenvalue weighted by Crippen LogP contribution is -2.60. The van der Waals surface area contributed by atoms with Crippen LogP contribution in [0, 0.1) is 6.92 Å². The van der Waals surface area contributed by atoms with Crippen LogP contribution in [0.2, 0.25) is 0 Å². The molecule has 2 saturated heterocycles. The molecule has 2 aromatic rings. The van der Waals surface area contributed by atoms with E-state index in [4.69, 9.17) is 0 Å². The normalized spacial score (nSPS) is 24.6. The number of carbonyl (C=O) groups is 1. The highest BCUT2D eigenvalue weighted by Gasteiger charge is 2.48. The van der Waals surface area contributed by atoms with Crippen LogP contribution in [0.25, 0.3) is 0 Å². The van der Waals surface area contributed by atoms with Crippen LogP contribution < -0.4 is 0 Å². The van der Waals surface area contributed by atoms with Gasteiger partial charge in [-0.15, -0.1) is 0 Å². The Bertz CT molecular complexity index is 946. The Hall–Kier alpha value is -2.25. The summed E-state index contributed by atoms with van der Waals surface area (Å²) in [5, 5.41) is 0. The fourth-order valence-electron chi connectivity index (χ4n) is 4.13. The third-order valence-electron chi connectivity index (χ3n) is 5.60. The van der Waals surface area contributed by atoms with Gasteiger partial charge in [0.15, 0.2) is 9.84 Å². The maximum absolute atomic E-state index is 12.9. The summed E-state index contributed by atoms with van der Waals surface area (Å²) in [4.78, 5) is 20.9. The summed E-state index contributed by atoms with van der Waals surface area (Å²) < 4.78 is 24.8. The second kappa shape index (κ2) is 7.05. The molecule has 2 aliphatic rings. The van der Waals surface area contributed by atoms with E-state index in [0.29, 0.717) is 25.2 Å². The molecule has 0 spiro atoms. The minimum atomic E-state index is -3.16. The minimum Gasteiger partial charge on any atom is -0.332 e. The van der Waals surface area contributed by atoms with Gasteiger partial charge in [0.2, 0.25) is 0 Å². The van der Waals surface area contributed by atoms with Crippen molar-refractivity contribution in [1.29, 1.82) is 0 Å². The van der Waals surface area contributed by atoms with Crippen molar-refractivity contribution in [3.63, 3.8) is 0 Å². The van der Waals surface area contributed by atoms with Crippen LogP contribution in [0.1, 0.15) is 21.5 Å². The Kier molecular flexibility index (Phi) is 4.74. The molecule has 1 amide bonds. The number of fused-ring (bicyclic) bond motifs is 1. The summed E-state index contributed by atoms with van der Waals surface area (Å²) in [5.74, 6) is 0.0136. The summed E-state index contributed by atoms with van der Waals surface area (Å²) in [5.41, 5.74) is 2.91. The van der Waals surface area contributed by atoms with Gasteiger partial charge in [0.05, 0.1) is 23.1 Å². The van der Waals surface area contributed by atoms with Gasteiger partial charge < -0.3 is 4.90 Å². The first kappa shape index (κ1) is 18.1. The molecule has 7 heteroatoms. The van der Waals surface area contributed by atoms with Crippen molar-refractivity contribution in [2.45, 2.75) is 25.6 Å². The average molecular weight is 385 g/mol. The van der Waals surface area contributed by atoms with Crippen LogP contribution >= 0.6 is 0 Å². The zero-order chi connectivity index (χ0) is 19.0. The van der Waals surface area contributed by atoms with Gasteiger partial charge in [-0.3, -0.25) is 14.7 Å². The molecule has 2 aliphatic heterocycles. The Morgan fingerprint density at radius 3 is 2.63 bits per heavy atom. The molecule has 6 nitrogen and oxygen atoms in total. The van der Waals surface area contributed by atoms with Crippen molar-refractivity contribution in [2.24, 2.45) is 0 Å². The fraction of sp³-hybridized carbons (Fsp3) is 0.400. The number of hydrogen-bond donors (Lipinski definition) is 0. The second-order valence-electron chi connectivity index (χ2n) is 7.35. The van der Waals surface area contributed by atoms with Crippen molar-refractivity contribution in [3.05, 3.63) is 65.5 Å². The highest BCUT2D eigenvalue weighted by molar-refractivity contribution is 7.91. The number of rotatable bonds is 3. The summed E-state index contributed by atoms with van der Waals surface area (Å²) >= 11 is 0. The molecule has 0 aliphatic carbocycles. The number of sulfone groups is 1. The standard InChI is InChI=1S/C20H23N3O3S/c1-15-5-2-3-6-17(15)12-22-9-10-23(19-14-27(25,26)13-18(19)22)20(24)16-7-4-8-21-11-16/h2-8,11,18-19H,9-10,12-14H2,1H3/t18-,19+/m1/s1. The number of aromatic nitrogens is 1. The van der Waals surface area contributed by atoms with Crippen molar-refractivity contribution < 1.29 is 13.2 Å². The molecule has 142 valence electrons. The number of aryl methyl sites for hydroxylation is 1. The molecule has 27 heavy (non-hydrogen) atoms. The first-order valence-electron chi connectivity index (χ1n) is 9.14. The van der Waals surface area contributed by atoms with Crippen molar-refractivity contribution >= 4 is 15.7 Å². The van der Waals surface area contributed by atoms with Crippen molar-refractivity contribution in [3.8, 4) is 0 Å². The summed E-state index contributed by atoms with van der Waals surface area (Å²) in [6.07, 6.45) is 3.17. The van der Waals surface area contributed by atoms with E-state index in [0.717, 1.165) is 0 Å². The Balaban J connectivity index is 1.60. The lowest BCUT2D eigenvalue weighted by atomic mass is 10.0. The third kappa shape index (κ3) is 3.61. The highest BCUT2D eigenvalue weighted by atomic mass is 32.2. The predicted molar refractivity (Wildman–Crippen MR) is 103 cm³/mol. The van der Waals surface area contributed by atoms with Gasteiger partial charge in [0, 0.05) is 38.1 Å². The molecule has 1 aromatic heterocycles. The number of carbonyl (C=O) groups excluding carboxylic acids is 1. The summed E-state index contributed by atoms with van der Waals surface area (Å²) in [6, 6.07) is 11.2. The topological polar surface area (TPSA) is 70.6 Å². The number of benzene rings is 1. The first-order chi connectivity index (χ1) is 12.9. The maximum atomic E-state index is 12.9. The van der Waals surface area contributed by atoms with Crippen LogP contribution in [0.15, 0.2) is 48.8 Å². The predicted octanol–water partition coefficient (Wildman–Crippen LogP) is 1.51. The molecular formula is C20H23N3O3S. The number of nitrogens with zero attached hydrogens (tertiary/aromatic N) is 3. The molecule has 0 radical (unpaired) electrons. The Morgan fingerprint density at radius 1 is 1.11 bits per heavy atom. The molecule has 2 fully saturated rings. The monoisotopic (exact) mass is 385 g/mol. The van der Waals surface area contributed by atoms with E-state index in [-0.39, 0.29) is 29.5 Å². The first-order valence-corrected chi connectivity index (χ1v) is 11.0. The van der Waals surface area contributed by atoms with E-state index in [1.54, 1.807) is 29.4 Å². The average Bonchev–Trinajstić information content (AvgIpc) is 2.99. The SMILES string of the molecule is Cc1ccccc1CN1CCN(C(=O)c2cccnc2)[C@H]2CS(=O)(=O)C[C@H]21. The second-order valence-corrected chi connectivity index (χ2v) is 9.50. The molecule has 0 N–H and O–H groups in total. The molecule has 2 atom stereocenters. The number of hydrogen-bond acceptors (Lipinski definition) is 5. The Labute approximate surface area is 159 Å². The summed E-state index contributed by atoms with van der Waals surface area (Å²) in [7, 11) is -3.16. The highest BCUT2D eigenvalue weighted by Crippen LogP contribution is 2.29. The molecule has 3 heterocycles. The smallest absolute Gasteiger partial charge is 0.255 e. The number of amides is 1. The van der Waals surface area contributed by atoms with Gasteiger partial charge in [0.25, 0.3) is 5.91 Å². The van der Waals surface area contributed by atoms with Crippen LogP contribution in [0.4, 0.5) is 0 Å². The van der Waals surface area contributed by atoms with Crippen LogP contribution in [-0.4, -0.2) is 65.8 Å². The van der Waals surface area contributed by atoms with Gasteiger partial charge in [-0.05, 0) is 30.2 Å². The Morgan fingerprint density at radius 2 is 1.89 bits per heavy atom. The quantitative estimate of drug-likeness (QED) is 0.801. The van der Waals surface area contributed by atoms with Gasteiger partial charge in [-0.1, -0.05) is 24.3 Å². The lowest BCUT2D eigenvalue weighted by molar-refractivity contribution is 0.0305. The van der Waals surface area contributed by atoms with Crippen LogP contribution in [-0.2, 0) is 16.4 Å². The zero-order valence-electron chi connectivity index (χ0n) is 15.3. The maximum Gasteiger partial charge on any atom is 0.255 e. The van der Waals surface area contributed by atoms with Gasteiger partial charge >= 0.3 is 0 Å². The van der Waals surface area contributed by atoms with E-state index in [9.17, 15) is 13.2 Å². The largest absolute Gasteiger partial charge is 0.332 e. The van der Waals surface area contributed by atoms with E-state index < -0.39 is 9.84 Å². The van der Waals surface area contributed by atoms with E-state index in [1.165, 1.54) is 11.1 Å².